The highest BCUT2D eigenvalue weighted by Crippen LogP contribution is 2.20. The van der Waals surface area contributed by atoms with Crippen LogP contribution in [0.25, 0.3) is 0 Å². The zero-order valence-electron chi connectivity index (χ0n) is 12.9. The van der Waals surface area contributed by atoms with Crippen LogP contribution < -0.4 is 0 Å². The molecule has 1 aliphatic rings. The molecule has 0 aliphatic carbocycles. The molecular weight excluding hydrogens is 270 g/mol. The summed E-state index contributed by atoms with van der Waals surface area (Å²) in [6, 6.07) is 20.7. The molecule has 1 aliphatic heterocycles. The van der Waals surface area contributed by atoms with Crippen molar-refractivity contribution in [3.8, 4) is 0 Å². The van der Waals surface area contributed by atoms with Gasteiger partial charge in [0, 0.05) is 19.0 Å². The number of carbonyl (C=O) groups is 1. The monoisotopic (exact) mass is 293 g/mol. The van der Waals surface area contributed by atoms with E-state index < -0.39 is 0 Å². The summed E-state index contributed by atoms with van der Waals surface area (Å²) in [5.41, 5.74) is 2.49. The fourth-order valence-corrected chi connectivity index (χ4v) is 3.24. The van der Waals surface area contributed by atoms with Crippen molar-refractivity contribution in [1.29, 1.82) is 0 Å². The number of likely N-dealkylation sites (tertiary alicyclic amines) is 1. The quantitative estimate of drug-likeness (QED) is 0.823. The minimum Gasteiger partial charge on any atom is -0.342 e. The third-order valence-corrected chi connectivity index (χ3v) is 4.42. The molecule has 1 fully saturated rings. The average Bonchev–Trinajstić information content (AvgIpc) is 3.10. The van der Waals surface area contributed by atoms with Crippen LogP contribution in [0, 0.1) is 5.92 Å². The molecule has 2 heteroatoms. The Bertz CT molecular complexity index is 546. The number of carbonyl (C=O) groups excluding carboxylic acids is 1. The Balaban J connectivity index is 1.76. The first-order valence-corrected chi connectivity index (χ1v) is 8.19. The maximum absolute atomic E-state index is 12.9. The summed E-state index contributed by atoms with van der Waals surface area (Å²) in [4.78, 5) is 14.9. The number of hydrogen-bond acceptors (Lipinski definition) is 1. The Morgan fingerprint density at radius 3 is 1.73 bits per heavy atom. The summed E-state index contributed by atoms with van der Waals surface area (Å²) in [6.45, 7) is 1.86. The predicted octanol–water partition coefficient (Wildman–Crippen LogP) is 3.71. The molecule has 1 amide bonds. The first-order chi connectivity index (χ1) is 10.8. The molecule has 0 N–H and O–H groups in total. The SMILES string of the molecule is O=C(C(Cc1ccccc1)Cc1ccccc1)N1CCCC1. The molecule has 0 spiro atoms. The van der Waals surface area contributed by atoms with Gasteiger partial charge in [-0.25, -0.2) is 0 Å². The molecule has 0 aromatic heterocycles. The van der Waals surface area contributed by atoms with Crippen LogP contribution >= 0.6 is 0 Å². The van der Waals surface area contributed by atoms with Gasteiger partial charge in [-0.15, -0.1) is 0 Å². The van der Waals surface area contributed by atoms with Crippen molar-refractivity contribution in [1.82, 2.24) is 4.90 Å². The molecule has 2 aromatic rings. The van der Waals surface area contributed by atoms with E-state index in [0.29, 0.717) is 5.91 Å². The Kier molecular flexibility index (Phi) is 4.89. The van der Waals surface area contributed by atoms with Crippen LogP contribution in [0.15, 0.2) is 60.7 Å². The van der Waals surface area contributed by atoms with Gasteiger partial charge in [0.1, 0.15) is 0 Å². The number of rotatable bonds is 5. The Labute approximate surface area is 132 Å². The van der Waals surface area contributed by atoms with Crippen molar-refractivity contribution in [3.63, 3.8) is 0 Å². The molecule has 22 heavy (non-hydrogen) atoms. The third-order valence-electron chi connectivity index (χ3n) is 4.42. The molecule has 114 valence electrons. The lowest BCUT2D eigenvalue weighted by Crippen LogP contribution is -2.35. The summed E-state index contributed by atoms with van der Waals surface area (Å²) < 4.78 is 0. The lowest BCUT2D eigenvalue weighted by Gasteiger charge is -2.23. The molecule has 0 atom stereocenters. The van der Waals surface area contributed by atoms with E-state index in [9.17, 15) is 4.79 Å². The predicted molar refractivity (Wildman–Crippen MR) is 89.6 cm³/mol. The minimum atomic E-state index is 0.0444. The third kappa shape index (κ3) is 3.76. The molecule has 2 nitrogen and oxygen atoms in total. The average molecular weight is 293 g/mol. The summed E-state index contributed by atoms with van der Waals surface area (Å²) in [5, 5.41) is 0. The van der Waals surface area contributed by atoms with Crippen LogP contribution in [0.4, 0.5) is 0 Å². The van der Waals surface area contributed by atoms with Crippen molar-refractivity contribution >= 4 is 5.91 Å². The van der Waals surface area contributed by atoms with Gasteiger partial charge in [0.05, 0.1) is 0 Å². The van der Waals surface area contributed by atoms with E-state index in [1.165, 1.54) is 11.1 Å². The highest BCUT2D eigenvalue weighted by atomic mass is 16.2. The Hall–Kier alpha value is -2.09. The minimum absolute atomic E-state index is 0.0444. The number of nitrogens with zero attached hydrogens (tertiary/aromatic N) is 1. The first-order valence-electron chi connectivity index (χ1n) is 8.19. The highest BCUT2D eigenvalue weighted by Gasteiger charge is 2.26. The summed E-state index contributed by atoms with van der Waals surface area (Å²) >= 11 is 0. The van der Waals surface area contributed by atoms with E-state index in [4.69, 9.17) is 0 Å². The highest BCUT2D eigenvalue weighted by molar-refractivity contribution is 5.79. The van der Waals surface area contributed by atoms with Crippen molar-refractivity contribution in [2.24, 2.45) is 5.92 Å². The van der Waals surface area contributed by atoms with Gasteiger partial charge in [-0.3, -0.25) is 4.79 Å². The van der Waals surface area contributed by atoms with E-state index in [1.807, 2.05) is 12.1 Å². The van der Waals surface area contributed by atoms with Gasteiger partial charge in [0.15, 0.2) is 0 Å². The topological polar surface area (TPSA) is 20.3 Å². The standard InChI is InChI=1S/C20H23NO/c22-20(21-13-7-8-14-21)19(15-17-9-3-1-4-10-17)16-18-11-5-2-6-12-18/h1-6,9-12,19H,7-8,13-16H2. The fourth-order valence-electron chi connectivity index (χ4n) is 3.24. The molecular formula is C20H23NO. The zero-order chi connectivity index (χ0) is 15.2. The van der Waals surface area contributed by atoms with Crippen LogP contribution in [0.1, 0.15) is 24.0 Å². The second-order valence-corrected chi connectivity index (χ2v) is 6.11. The van der Waals surface area contributed by atoms with Crippen molar-refractivity contribution in [2.75, 3.05) is 13.1 Å². The molecule has 3 rings (SSSR count). The first kappa shape index (κ1) is 14.8. The van der Waals surface area contributed by atoms with Gasteiger partial charge in [-0.1, -0.05) is 60.7 Å². The maximum atomic E-state index is 12.9. The lowest BCUT2D eigenvalue weighted by atomic mass is 9.91. The molecule has 1 heterocycles. The molecule has 0 bridgehead atoms. The van der Waals surface area contributed by atoms with Crippen molar-refractivity contribution in [2.45, 2.75) is 25.7 Å². The van der Waals surface area contributed by atoms with Crippen LogP contribution in [0.3, 0.4) is 0 Å². The zero-order valence-corrected chi connectivity index (χ0v) is 12.9. The van der Waals surface area contributed by atoms with Gasteiger partial charge in [0.25, 0.3) is 0 Å². The van der Waals surface area contributed by atoms with Gasteiger partial charge >= 0.3 is 0 Å². The molecule has 0 unspecified atom stereocenters. The van der Waals surface area contributed by atoms with Crippen LogP contribution in [-0.4, -0.2) is 23.9 Å². The second-order valence-electron chi connectivity index (χ2n) is 6.11. The van der Waals surface area contributed by atoms with Gasteiger partial charge in [-0.05, 0) is 36.8 Å². The van der Waals surface area contributed by atoms with Gasteiger partial charge in [-0.2, -0.15) is 0 Å². The van der Waals surface area contributed by atoms with Crippen LogP contribution in [0.5, 0.6) is 0 Å². The van der Waals surface area contributed by atoms with Crippen molar-refractivity contribution in [3.05, 3.63) is 71.8 Å². The van der Waals surface area contributed by atoms with E-state index >= 15 is 0 Å². The van der Waals surface area contributed by atoms with E-state index in [-0.39, 0.29) is 5.92 Å². The van der Waals surface area contributed by atoms with E-state index in [2.05, 4.69) is 53.4 Å². The van der Waals surface area contributed by atoms with Gasteiger partial charge < -0.3 is 4.90 Å². The lowest BCUT2D eigenvalue weighted by molar-refractivity contribution is -0.134. The summed E-state index contributed by atoms with van der Waals surface area (Å²) in [7, 11) is 0. The van der Waals surface area contributed by atoms with Crippen molar-refractivity contribution < 1.29 is 4.79 Å². The van der Waals surface area contributed by atoms with Crippen LogP contribution in [-0.2, 0) is 17.6 Å². The number of hydrogen-bond donors (Lipinski definition) is 0. The molecule has 1 saturated heterocycles. The normalized spacial score (nSPS) is 14.5. The molecule has 2 aromatic carbocycles. The Morgan fingerprint density at radius 1 is 0.818 bits per heavy atom. The smallest absolute Gasteiger partial charge is 0.226 e. The van der Waals surface area contributed by atoms with Crippen LogP contribution in [0.2, 0.25) is 0 Å². The fraction of sp³-hybridized carbons (Fsp3) is 0.350. The molecule has 0 saturated carbocycles. The second kappa shape index (κ2) is 7.26. The van der Waals surface area contributed by atoms with E-state index in [0.717, 1.165) is 38.8 Å². The molecule has 0 radical (unpaired) electrons. The largest absolute Gasteiger partial charge is 0.342 e. The van der Waals surface area contributed by atoms with E-state index in [1.54, 1.807) is 0 Å². The number of benzene rings is 2. The van der Waals surface area contributed by atoms with Gasteiger partial charge in [0.2, 0.25) is 5.91 Å². The maximum Gasteiger partial charge on any atom is 0.226 e. The Morgan fingerprint density at radius 2 is 1.27 bits per heavy atom. The number of amides is 1. The summed E-state index contributed by atoms with van der Waals surface area (Å²) in [6.07, 6.45) is 3.94. The summed E-state index contributed by atoms with van der Waals surface area (Å²) in [5.74, 6) is 0.369.